The Kier molecular flexibility index (Phi) is 1.92. The molecule has 64 valence electrons. The van der Waals surface area contributed by atoms with Crippen LogP contribution in [0.4, 0.5) is 0 Å². The fourth-order valence-corrected chi connectivity index (χ4v) is 2.88. The van der Waals surface area contributed by atoms with Crippen LogP contribution in [0.15, 0.2) is 0 Å². The predicted molar refractivity (Wildman–Crippen MR) is 47.6 cm³/mol. The van der Waals surface area contributed by atoms with E-state index >= 15 is 0 Å². The second-order valence-electron chi connectivity index (χ2n) is 4.17. The average molecular weight is 153 g/mol. The number of fused-ring (bicyclic) bond motifs is 2. The van der Waals surface area contributed by atoms with Gasteiger partial charge in [0, 0.05) is 18.1 Å². The monoisotopic (exact) mass is 153 g/mol. The molecule has 1 atom stereocenters. The molecular weight excluding hydrogens is 134 g/mol. The minimum absolute atomic E-state index is 0.843. The smallest absolute Gasteiger partial charge is 0.0102 e. The molecule has 2 aliphatic heterocycles. The zero-order chi connectivity index (χ0) is 7.84. The first kappa shape index (κ1) is 7.60. The molecule has 1 heteroatoms. The third-order valence-electron chi connectivity index (χ3n) is 3.61. The lowest BCUT2D eigenvalue weighted by Crippen LogP contribution is -2.36. The van der Waals surface area contributed by atoms with E-state index in [-0.39, 0.29) is 0 Å². The molecule has 1 nitrogen and oxygen atoms in total. The molecule has 0 aromatic heterocycles. The van der Waals surface area contributed by atoms with E-state index in [9.17, 15) is 0 Å². The van der Waals surface area contributed by atoms with Crippen molar-refractivity contribution in [3.8, 4) is 0 Å². The van der Waals surface area contributed by atoms with Crippen LogP contribution in [0.25, 0.3) is 0 Å². The Morgan fingerprint density at radius 3 is 2.00 bits per heavy atom. The minimum Gasteiger partial charge on any atom is -0.295 e. The Hall–Kier alpha value is -0.0400. The van der Waals surface area contributed by atoms with E-state index in [1.54, 1.807) is 0 Å². The number of nitrogens with zero attached hydrogens (tertiary/aromatic N) is 1. The van der Waals surface area contributed by atoms with Crippen LogP contribution in [0, 0.1) is 0 Å². The van der Waals surface area contributed by atoms with Crippen LogP contribution in [0.3, 0.4) is 0 Å². The summed E-state index contributed by atoms with van der Waals surface area (Å²) in [5.41, 5.74) is 0. The number of hydrogen-bond donors (Lipinski definition) is 0. The molecule has 0 aromatic rings. The van der Waals surface area contributed by atoms with E-state index < -0.39 is 0 Å². The van der Waals surface area contributed by atoms with E-state index in [4.69, 9.17) is 0 Å². The summed E-state index contributed by atoms with van der Waals surface area (Å²) >= 11 is 0. The average Bonchev–Trinajstić information content (AvgIpc) is 2.61. The van der Waals surface area contributed by atoms with Crippen molar-refractivity contribution in [1.82, 2.24) is 4.90 Å². The Morgan fingerprint density at radius 1 is 1.18 bits per heavy atom. The summed E-state index contributed by atoms with van der Waals surface area (Å²) in [6.45, 7) is 4.69. The molecule has 2 heterocycles. The number of hydrogen-bond acceptors (Lipinski definition) is 1. The summed E-state index contributed by atoms with van der Waals surface area (Å²) < 4.78 is 0. The van der Waals surface area contributed by atoms with Crippen LogP contribution in [-0.4, -0.2) is 23.0 Å². The van der Waals surface area contributed by atoms with E-state index in [2.05, 4.69) is 18.7 Å². The van der Waals surface area contributed by atoms with Gasteiger partial charge in [-0.3, -0.25) is 4.90 Å². The van der Waals surface area contributed by atoms with Gasteiger partial charge in [-0.05, 0) is 39.0 Å². The maximum Gasteiger partial charge on any atom is 0.0102 e. The highest BCUT2D eigenvalue weighted by molar-refractivity contribution is 4.96. The van der Waals surface area contributed by atoms with E-state index in [0.717, 1.165) is 18.1 Å². The van der Waals surface area contributed by atoms with Gasteiger partial charge in [-0.2, -0.15) is 0 Å². The van der Waals surface area contributed by atoms with Gasteiger partial charge in [0.2, 0.25) is 0 Å². The first-order valence-corrected chi connectivity index (χ1v) is 5.10. The van der Waals surface area contributed by atoms with Crippen LogP contribution in [0.2, 0.25) is 0 Å². The number of rotatable bonds is 2. The standard InChI is InChI=1S/C10H19N/c1-3-8(2)11-9-4-5-10(11)7-6-9/h8-10H,3-7H2,1-2H3. The lowest BCUT2D eigenvalue weighted by Gasteiger charge is -2.28. The van der Waals surface area contributed by atoms with Gasteiger partial charge in [0.05, 0.1) is 0 Å². The molecule has 0 radical (unpaired) electrons. The van der Waals surface area contributed by atoms with Gasteiger partial charge >= 0.3 is 0 Å². The van der Waals surface area contributed by atoms with Crippen molar-refractivity contribution >= 4 is 0 Å². The van der Waals surface area contributed by atoms with E-state index in [0.29, 0.717) is 0 Å². The highest BCUT2D eigenvalue weighted by atomic mass is 15.3. The fraction of sp³-hybridized carbons (Fsp3) is 1.00. The van der Waals surface area contributed by atoms with Crippen molar-refractivity contribution in [1.29, 1.82) is 0 Å². The van der Waals surface area contributed by atoms with Gasteiger partial charge in [0.1, 0.15) is 0 Å². The molecule has 0 saturated carbocycles. The highest BCUT2D eigenvalue weighted by Crippen LogP contribution is 2.39. The van der Waals surface area contributed by atoms with Crippen molar-refractivity contribution < 1.29 is 0 Å². The molecule has 2 bridgehead atoms. The van der Waals surface area contributed by atoms with Gasteiger partial charge in [0.25, 0.3) is 0 Å². The highest BCUT2D eigenvalue weighted by Gasteiger charge is 2.40. The normalized spacial score (nSPS) is 39.8. The largest absolute Gasteiger partial charge is 0.295 e. The summed E-state index contributed by atoms with van der Waals surface area (Å²) in [6, 6.07) is 2.78. The maximum atomic E-state index is 2.78. The lowest BCUT2D eigenvalue weighted by molar-refractivity contribution is 0.183. The van der Waals surface area contributed by atoms with Crippen LogP contribution in [0.5, 0.6) is 0 Å². The predicted octanol–water partition coefficient (Wildman–Crippen LogP) is 2.41. The zero-order valence-corrected chi connectivity index (χ0v) is 7.71. The van der Waals surface area contributed by atoms with Crippen LogP contribution in [-0.2, 0) is 0 Å². The molecule has 0 amide bonds. The van der Waals surface area contributed by atoms with E-state index in [1.165, 1.54) is 32.1 Å². The van der Waals surface area contributed by atoms with Gasteiger partial charge in [-0.1, -0.05) is 6.92 Å². The van der Waals surface area contributed by atoms with Crippen LogP contribution in [0.1, 0.15) is 46.0 Å². The Morgan fingerprint density at radius 2 is 1.64 bits per heavy atom. The van der Waals surface area contributed by atoms with Crippen molar-refractivity contribution in [3.05, 3.63) is 0 Å². The summed E-state index contributed by atoms with van der Waals surface area (Å²) in [6.07, 6.45) is 7.25. The summed E-state index contributed by atoms with van der Waals surface area (Å²) in [5.74, 6) is 0. The Labute approximate surface area is 69.8 Å². The van der Waals surface area contributed by atoms with Crippen LogP contribution >= 0.6 is 0 Å². The second kappa shape index (κ2) is 2.78. The van der Waals surface area contributed by atoms with Crippen molar-refractivity contribution in [2.45, 2.75) is 64.1 Å². The molecule has 11 heavy (non-hydrogen) atoms. The molecule has 2 aliphatic rings. The Bertz CT molecular complexity index is 124. The van der Waals surface area contributed by atoms with Gasteiger partial charge < -0.3 is 0 Å². The molecule has 1 unspecified atom stereocenters. The molecular formula is C10H19N. The first-order chi connectivity index (χ1) is 5.33. The van der Waals surface area contributed by atoms with Crippen molar-refractivity contribution in [2.75, 3.05) is 0 Å². The summed E-state index contributed by atoms with van der Waals surface area (Å²) in [5, 5.41) is 0. The topological polar surface area (TPSA) is 3.24 Å². The molecule has 0 aliphatic carbocycles. The van der Waals surface area contributed by atoms with Gasteiger partial charge in [-0.25, -0.2) is 0 Å². The van der Waals surface area contributed by atoms with Crippen LogP contribution < -0.4 is 0 Å². The van der Waals surface area contributed by atoms with E-state index in [1.807, 2.05) is 0 Å². The molecule has 0 aromatic carbocycles. The first-order valence-electron chi connectivity index (χ1n) is 5.10. The quantitative estimate of drug-likeness (QED) is 0.589. The van der Waals surface area contributed by atoms with Gasteiger partial charge in [0.15, 0.2) is 0 Å². The molecule has 2 fully saturated rings. The third-order valence-corrected chi connectivity index (χ3v) is 3.61. The van der Waals surface area contributed by atoms with Gasteiger partial charge in [-0.15, -0.1) is 0 Å². The molecule has 0 spiro atoms. The molecule has 0 N–H and O–H groups in total. The molecule has 2 saturated heterocycles. The SMILES string of the molecule is CCC(C)N1C2CCC1CC2. The lowest BCUT2D eigenvalue weighted by atomic mass is 10.0. The minimum atomic E-state index is 0.843. The second-order valence-corrected chi connectivity index (χ2v) is 4.17. The molecule has 2 rings (SSSR count). The Balaban J connectivity index is 2.03. The third kappa shape index (κ3) is 1.10. The summed E-state index contributed by atoms with van der Waals surface area (Å²) in [7, 11) is 0. The zero-order valence-electron chi connectivity index (χ0n) is 7.71. The summed E-state index contributed by atoms with van der Waals surface area (Å²) in [4.78, 5) is 2.78. The maximum absolute atomic E-state index is 2.78. The fourth-order valence-electron chi connectivity index (χ4n) is 2.88. The van der Waals surface area contributed by atoms with Crippen molar-refractivity contribution in [3.63, 3.8) is 0 Å². The van der Waals surface area contributed by atoms with Crippen molar-refractivity contribution in [2.24, 2.45) is 0 Å².